The fraction of sp³-hybridized carbons (Fsp3) is 1.00. The Bertz CT molecular complexity index is 132. The van der Waals surface area contributed by atoms with Crippen LogP contribution in [0, 0.1) is 5.41 Å². The first-order valence-electron chi connectivity index (χ1n) is 6.48. The fourth-order valence-electron chi connectivity index (χ4n) is 2.26. The van der Waals surface area contributed by atoms with Crippen molar-refractivity contribution in [1.29, 1.82) is 0 Å². The average molecular weight is 326 g/mol. The lowest BCUT2D eigenvalue weighted by Gasteiger charge is -2.31. The zero-order valence-corrected chi connectivity index (χ0v) is 12.8. The van der Waals surface area contributed by atoms with Crippen LogP contribution in [0.4, 0.5) is 0 Å². The molecule has 0 aliphatic rings. The van der Waals surface area contributed by atoms with E-state index in [9.17, 15) is 0 Å². The highest BCUT2D eigenvalue weighted by Gasteiger charge is 2.24. The van der Waals surface area contributed by atoms with Gasteiger partial charge in [0.2, 0.25) is 0 Å². The molecule has 92 valence electrons. The first kappa shape index (κ1) is 15.7. The lowest BCUT2D eigenvalue weighted by atomic mass is 9.75. The van der Waals surface area contributed by atoms with Crippen molar-refractivity contribution in [2.24, 2.45) is 5.41 Å². The minimum atomic E-state index is 0.554. The van der Waals surface area contributed by atoms with Crippen molar-refractivity contribution in [1.82, 2.24) is 0 Å². The third-order valence-corrected chi connectivity index (χ3v) is 4.21. The molecule has 0 atom stereocenters. The maximum atomic E-state index is 5.20. The molecule has 15 heavy (non-hydrogen) atoms. The van der Waals surface area contributed by atoms with Crippen LogP contribution < -0.4 is 0 Å². The topological polar surface area (TPSA) is 9.23 Å². The van der Waals surface area contributed by atoms with Gasteiger partial charge in [-0.1, -0.05) is 59.3 Å². The Labute approximate surface area is 110 Å². The fourth-order valence-corrected chi connectivity index (χ4v) is 2.48. The first-order chi connectivity index (χ1) is 7.24. The maximum Gasteiger partial charge on any atom is 0.109 e. The summed E-state index contributed by atoms with van der Waals surface area (Å²) in [4.78, 5) is 0. The SMILES string of the molecule is CCCCCCC(CC)(CC)CCOI. The zero-order valence-electron chi connectivity index (χ0n) is 10.7. The van der Waals surface area contributed by atoms with Gasteiger partial charge in [0.1, 0.15) is 23.0 Å². The van der Waals surface area contributed by atoms with Crippen LogP contribution in [-0.4, -0.2) is 6.61 Å². The van der Waals surface area contributed by atoms with Crippen LogP contribution in [0.25, 0.3) is 0 Å². The van der Waals surface area contributed by atoms with E-state index in [1.165, 1.54) is 51.4 Å². The first-order valence-corrected chi connectivity index (χ1v) is 7.36. The molecule has 0 aromatic carbocycles. The second-order valence-electron chi connectivity index (χ2n) is 4.58. The van der Waals surface area contributed by atoms with E-state index in [1.54, 1.807) is 0 Å². The molecule has 0 bridgehead atoms. The summed E-state index contributed by atoms with van der Waals surface area (Å²) in [6.45, 7) is 7.85. The molecule has 0 saturated heterocycles. The third-order valence-electron chi connectivity index (χ3n) is 3.77. The predicted molar refractivity (Wildman–Crippen MR) is 76.4 cm³/mol. The molecule has 0 N–H and O–H groups in total. The molecule has 0 amide bonds. The summed E-state index contributed by atoms with van der Waals surface area (Å²) in [5, 5.41) is 0. The van der Waals surface area contributed by atoms with Crippen molar-refractivity contribution >= 4 is 23.0 Å². The zero-order chi connectivity index (χ0) is 11.6. The minimum Gasteiger partial charge on any atom is -0.316 e. The monoisotopic (exact) mass is 326 g/mol. The summed E-state index contributed by atoms with van der Waals surface area (Å²) in [5.74, 6) is 0. The number of rotatable bonds is 10. The second kappa shape index (κ2) is 9.88. The molecule has 0 aliphatic heterocycles. The highest BCUT2D eigenvalue weighted by Crippen LogP contribution is 2.36. The van der Waals surface area contributed by atoms with Crippen molar-refractivity contribution in [3.05, 3.63) is 0 Å². The minimum absolute atomic E-state index is 0.554. The molecule has 0 heterocycles. The smallest absolute Gasteiger partial charge is 0.109 e. The van der Waals surface area contributed by atoms with E-state index >= 15 is 0 Å². The van der Waals surface area contributed by atoms with Gasteiger partial charge >= 0.3 is 0 Å². The van der Waals surface area contributed by atoms with Gasteiger partial charge in [-0.05, 0) is 18.3 Å². The van der Waals surface area contributed by atoms with Gasteiger partial charge in [-0.25, -0.2) is 0 Å². The lowest BCUT2D eigenvalue weighted by molar-refractivity contribution is 0.181. The Balaban J connectivity index is 3.88. The van der Waals surface area contributed by atoms with E-state index in [2.05, 4.69) is 20.8 Å². The van der Waals surface area contributed by atoms with E-state index in [0.29, 0.717) is 5.41 Å². The number of unbranched alkanes of at least 4 members (excludes halogenated alkanes) is 3. The largest absolute Gasteiger partial charge is 0.316 e. The van der Waals surface area contributed by atoms with Crippen LogP contribution in [0.2, 0.25) is 0 Å². The van der Waals surface area contributed by atoms with E-state index < -0.39 is 0 Å². The molecule has 0 fully saturated rings. The Morgan fingerprint density at radius 2 is 1.60 bits per heavy atom. The molecular weight excluding hydrogens is 299 g/mol. The van der Waals surface area contributed by atoms with Crippen molar-refractivity contribution in [2.45, 2.75) is 72.1 Å². The molecule has 0 spiro atoms. The normalized spacial score (nSPS) is 12.0. The van der Waals surface area contributed by atoms with Crippen molar-refractivity contribution in [2.75, 3.05) is 6.61 Å². The van der Waals surface area contributed by atoms with Crippen molar-refractivity contribution < 1.29 is 3.07 Å². The Kier molecular flexibility index (Phi) is 10.3. The van der Waals surface area contributed by atoms with Gasteiger partial charge in [-0.3, -0.25) is 0 Å². The highest BCUT2D eigenvalue weighted by molar-refractivity contribution is 14.1. The van der Waals surface area contributed by atoms with Crippen LogP contribution in [0.1, 0.15) is 72.1 Å². The van der Waals surface area contributed by atoms with Gasteiger partial charge in [-0.15, -0.1) is 0 Å². The maximum absolute atomic E-state index is 5.20. The van der Waals surface area contributed by atoms with Crippen LogP contribution in [0.3, 0.4) is 0 Å². The Morgan fingerprint density at radius 3 is 2.07 bits per heavy atom. The molecule has 0 rings (SSSR count). The van der Waals surface area contributed by atoms with E-state index in [0.717, 1.165) is 6.61 Å². The Hall–Kier alpha value is 0.690. The molecule has 0 saturated carbocycles. The van der Waals surface area contributed by atoms with E-state index in [4.69, 9.17) is 3.07 Å². The van der Waals surface area contributed by atoms with Gasteiger partial charge in [0, 0.05) is 0 Å². The standard InChI is InChI=1S/C13H27IO/c1-4-7-8-9-10-13(5-2,6-3)11-12-15-14/h4-12H2,1-3H3. The molecule has 0 aliphatic carbocycles. The molecule has 0 unspecified atom stereocenters. The third kappa shape index (κ3) is 6.77. The van der Waals surface area contributed by atoms with Gasteiger partial charge in [0.25, 0.3) is 0 Å². The van der Waals surface area contributed by atoms with Crippen LogP contribution in [-0.2, 0) is 3.07 Å². The van der Waals surface area contributed by atoms with E-state index in [1.807, 2.05) is 23.0 Å². The lowest BCUT2D eigenvalue weighted by Crippen LogP contribution is -2.20. The average Bonchev–Trinajstić information content (AvgIpc) is 2.29. The van der Waals surface area contributed by atoms with Gasteiger partial charge in [-0.2, -0.15) is 0 Å². The van der Waals surface area contributed by atoms with Crippen LogP contribution >= 0.6 is 23.0 Å². The van der Waals surface area contributed by atoms with Gasteiger partial charge in [0.05, 0.1) is 6.61 Å². The molecule has 1 nitrogen and oxygen atoms in total. The highest BCUT2D eigenvalue weighted by atomic mass is 127. The molecule has 0 aromatic rings. The molecule has 0 radical (unpaired) electrons. The predicted octanol–water partition coefficient (Wildman–Crippen LogP) is 5.52. The summed E-state index contributed by atoms with van der Waals surface area (Å²) in [6.07, 6.45) is 10.8. The van der Waals surface area contributed by atoms with Crippen LogP contribution in [0.15, 0.2) is 0 Å². The van der Waals surface area contributed by atoms with Gasteiger partial charge < -0.3 is 3.07 Å². The summed E-state index contributed by atoms with van der Waals surface area (Å²) in [5.41, 5.74) is 0.554. The quantitative estimate of drug-likeness (QED) is 0.379. The second-order valence-corrected chi connectivity index (χ2v) is 5.20. The van der Waals surface area contributed by atoms with Crippen molar-refractivity contribution in [3.8, 4) is 0 Å². The number of hydrogen-bond acceptors (Lipinski definition) is 1. The molecule has 2 heteroatoms. The Morgan fingerprint density at radius 1 is 0.933 bits per heavy atom. The summed E-state index contributed by atoms with van der Waals surface area (Å²) >= 11 is 2.01. The molecule has 0 aromatic heterocycles. The van der Waals surface area contributed by atoms with Crippen molar-refractivity contribution in [3.63, 3.8) is 0 Å². The molecular formula is C13H27IO. The number of halogens is 1. The summed E-state index contributed by atoms with van der Waals surface area (Å²) < 4.78 is 5.20. The van der Waals surface area contributed by atoms with Gasteiger partial charge in [0.15, 0.2) is 0 Å². The summed E-state index contributed by atoms with van der Waals surface area (Å²) in [6, 6.07) is 0. The van der Waals surface area contributed by atoms with E-state index in [-0.39, 0.29) is 0 Å². The van der Waals surface area contributed by atoms with Crippen LogP contribution in [0.5, 0.6) is 0 Å². The number of hydrogen-bond donors (Lipinski definition) is 0. The summed E-state index contributed by atoms with van der Waals surface area (Å²) in [7, 11) is 0.